The van der Waals surface area contributed by atoms with E-state index >= 15 is 0 Å². The lowest BCUT2D eigenvalue weighted by molar-refractivity contribution is -0.383. The smallest absolute Gasteiger partial charge is 0.334 e. The molecule has 0 saturated heterocycles. The van der Waals surface area contributed by atoms with Crippen LogP contribution in [0.1, 0.15) is 11.1 Å². The summed E-state index contributed by atoms with van der Waals surface area (Å²) in [6.45, 7) is 3.85. The van der Waals surface area contributed by atoms with E-state index in [9.17, 15) is 10.1 Å². The van der Waals surface area contributed by atoms with Gasteiger partial charge in [-0.3, -0.25) is 10.1 Å². The SMILES string of the molecule is Cc1ccc(C)c(Nc2ncnc(Nc3ccc(Cl)c(Cl)c3)c2[N+](=O)[O-])c1. The van der Waals surface area contributed by atoms with Crippen LogP contribution in [0.5, 0.6) is 0 Å². The molecule has 0 amide bonds. The molecule has 0 fully saturated rings. The maximum absolute atomic E-state index is 11.7. The molecule has 7 nitrogen and oxygen atoms in total. The van der Waals surface area contributed by atoms with Gasteiger partial charge in [-0.15, -0.1) is 0 Å². The topological polar surface area (TPSA) is 93.0 Å². The molecule has 27 heavy (non-hydrogen) atoms. The van der Waals surface area contributed by atoms with Crippen molar-refractivity contribution in [2.24, 2.45) is 0 Å². The molecule has 0 aliphatic heterocycles. The molecule has 0 radical (unpaired) electrons. The van der Waals surface area contributed by atoms with Crippen LogP contribution in [0.25, 0.3) is 0 Å². The van der Waals surface area contributed by atoms with Gasteiger partial charge < -0.3 is 10.6 Å². The van der Waals surface area contributed by atoms with Crippen molar-refractivity contribution in [3.63, 3.8) is 0 Å². The van der Waals surface area contributed by atoms with Gasteiger partial charge in [0.25, 0.3) is 0 Å². The van der Waals surface area contributed by atoms with Crippen LogP contribution in [0.3, 0.4) is 0 Å². The summed E-state index contributed by atoms with van der Waals surface area (Å²) in [5.74, 6) is 0.132. The van der Waals surface area contributed by atoms with Gasteiger partial charge in [-0.05, 0) is 49.2 Å². The molecule has 0 atom stereocenters. The van der Waals surface area contributed by atoms with E-state index in [1.165, 1.54) is 6.33 Å². The van der Waals surface area contributed by atoms with Gasteiger partial charge in [0, 0.05) is 11.4 Å². The van der Waals surface area contributed by atoms with E-state index < -0.39 is 4.92 Å². The molecule has 138 valence electrons. The largest absolute Gasteiger partial charge is 0.353 e. The number of anilines is 4. The number of benzene rings is 2. The van der Waals surface area contributed by atoms with Gasteiger partial charge in [-0.25, -0.2) is 9.97 Å². The number of nitrogens with one attached hydrogen (secondary N) is 2. The summed E-state index contributed by atoms with van der Waals surface area (Å²) in [6.07, 6.45) is 1.25. The summed E-state index contributed by atoms with van der Waals surface area (Å²) in [4.78, 5) is 19.2. The van der Waals surface area contributed by atoms with Gasteiger partial charge in [-0.1, -0.05) is 35.3 Å². The third kappa shape index (κ3) is 4.27. The molecule has 1 heterocycles. The maximum Gasteiger partial charge on any atom is 0.353 e. The molecule has 0 saturated carbocycles. The van der Waals surface area contributed by atoms with Crippen molar-refractivity contribution in [2.45, 2.75) is 13.8 Å². The molecule has 3 rings (SSSR count). The van der Waals surface area contributed by atoms with Crippen molar-refractivity contribution in [2.75, 3.05) is 10.6 Å². The highest BCUT2D eigenvalue weighted by molar-refractivity contribution is 6.42. The fraction of sp³-hybridized carbons (Fsp3) is 0.111. The number of aryl methyl sites for hydroxylation is 2. The van der Waals surface area contributed by atoms with Crippen LogP contribution in [-0.2, 0) is 0 Å². The monoisotopic (exact) mass is 403 g/mol. The van der Waals surface area contributed by atoms with E-state index in [0.29, 0.717) is 15.7 Å². The standard InChI is InChI=1S/C18H15Cl2N5O2/c1-10-3-4-11(2)15(7-10)24-18-16(25(26)27)17(21-9-22-18)23-12-5-6-13(19)14(20)8-12/h3-9H,1-2H3,(H2,21,22,23,24). The molecule has 0 aliphatic carbocycles. The Morgan fingerprint density at radius 3 is 2.33 bits per heavy atom. The quantitative estimate of drug-likeness (QED) is 0.413. The Morgan fingerprint density at radius 2 is 1.67 bits per heavy atom. The van der Waals surface area contributed by atoms with Crippen molar-refractivity contribution in [1.29, 1.82) is 0 Å². The molecule has 1 aromatic heterocycles. The van der Waals surface area contributed by atoms with Gasteiger partial charge in [0.15, 0.2) is 0 Å². The average molecular weight is 404 g/mol. The number of halogens is 2. The van der Waals surface area contributed by atoms with Crippen molar-refractivity contribution < 1.29 is 4.92 Å². The predicted octanol–water partition coefficient (Wildman–Crippen LogP) is 5.80. The van der Waals surface area contributed by atoms with Crippen LogP contribution in [0.2, 0.25) is 10.0 Å². The third-order valence-corrected chi connectivity index (χ3v) is 4.57. The molecule has 3 aromatic rings. The molecular formula is C18H15Cl2N5O2. The zero-order valence-electron chi connectivity index (χ0n) is 14.5. The highest BCUT2D eigenvalue weighted by Gasteiger charge is 2.24. The van der Waals surface area contributed by atoms with Crippen LogP contribution in [0, 0.1) is 24.0 Å². The normalized spacial score (nSPS) is 10.5. The first-order chi connectivity index (χ1) is 12.8. The summed E-state index contributed by atoms with van der Waals surface area (Å²) in [7, 11) is 0. The Labute approximate surface area is 165 Å². The number of hydrogen-bond acceptors (Lipinski definition) is 6. The Hall–Kier alpha value is -2.90. The van der Waals surface area contributed by atoms with Gasteiger partial charge in [0.2, 0.25) is 11.6 Å². The predicted molar refractivity (Wildman–Crippen MR) is 108 cm³/mol. The first-order valence-electron chi connectivity index (χ1n) is 7.91. The van der Waals surface area contributed by atoms with Gasteiger partial charge in [-0.2, -0.15) is 0 Å². The summed E-state index contributed by atoms with van der Waals surface area (Å²) in [5, 5.41) is 18.3. The Bertz CT molecular complexity index is 1030. The molecule has 0 spiro atoms. The van der Waals surface area contributed by atoms with Crippen LogP contribution in [0.4, 0.5) is 28.7 Å². The molecule has 0 aliphatic rings. The summed E-state index contributed by atoms with van der Waals surface area (Å²) >= 11 is 11.9. The van der Waals surface area contributed by atoms with Crippen LogP contribution < -0.4 is 10.6 Å². The number of aromatic nitrogens is 2. The van der Waals surface area contributed by atoms with Crippen molar-refractivity contribution in [3.05, 3.63) is 74.0 Å². The number of hydrogen-bond donors (Lipinski definition) is 2. The Kier molecular flexibility index (Phi) is 5.43. The maximum atomic E-state index is 11.7. The fourth-order valence-corrected chi connectivity index (χ4v) is 2.74. The molecule has 9 heteroatoms. The van der Waals surface area contributed by atoms with Crippen molar-refractivity contribution >= 4 is 51.9 Å². The lowest BCUT2D eigenvalue weighted by Gasteiger charge is -2.12. The van der Waals surface area contributed by atoms with E-state index in [0.717, 1.165) is 16.8 Å². The minimum absolute atomic E-state index is 0.0428. The zero-order valence-corrected chi connectivity index (χ0v) is 16.0. The highest BCUT2D eigenvalue weighted by atomic mass is 35.5. The van der Waals surface area contributed by atoms with E-state index in [1.54, 1.807) is 18.2 Å². The molecule has 0 unspecified atom stereocenters. The molecule has 0 bridgehead atoms. The van der Waals surface area contributed by atoms with E-state index in [1.807, 2.05) is 32.0 Å². The van der Waals surface area contributed by atoms with Crippen LogP contribution in [-0.4, -0.2) is 14.9 Å². The second-order valence-electron chi connectivity index (χ2n) is 5.87. The minimum atomic E-state index is -0.534. The van der Waals surface area contributed by atoms with Crippen LogP contribution in [0.15, 0.2) is 42.7 Å². The Morgan fingerprint density at radius 1 is 0.963 bits per heavy atom. The van der Waals surface area contributed by atoms with Crippen molar-refractivity contribution in [3.8, 4) is 0 Å². The molecule has 2 aromatic carbocycles. The first kappa shape index (κ1) is 18.9. The number of nitrogens with zero attached hydrogens (tertiary/aromatic N) is 3. The average Bonchev–Trinajstić information content (AvgIpc) is 2.61. The fourth-order valence-electron chi connectivity index (χ4n) is 2.44. The Balaban J connectivity index is 2.00. The van der Waals surface area contributed by atoms with E-state index in [-0.39, 0.29) is 17.3 Å². The summed E-state index contributed by atoms with van der Waals surface area (Å²) < 4.78 is 0. The van der Waals surface area contributed by atoms with Crippen molar-refractivity contribution in [1.82, 2.24) is 9.97 Å². The van der Waals surface area contributed by atoms with Crippen LogP contribution >= 0.6 is 23.2 Å². The second kappa shape index (κ2) is 7.77. The van der Waals surface area contributed by atoms with Gasteiger partial charge in [0.05, 0.1) is 15.0 Å². The minimum Gasteiger partial charge on any atom is -0.334 e. The third-order valence-electron chi connectivity index (χ3n) is 3.83. The van der Waals surface area contributed by atoms with Gasteiger partial charge in [0.1, 0.15) is 6.33 Å². The molecule has 2 N–H and O–H groups in total. The lowest BCUT2D eigenvalue weighted by atomic mass is 10.1. The zero-order chi connectivity index (χ0) is 19.6. The second-order valence-corrected chi connectivity index (χ2v) is 6.69. The summed E-state index contributed by atoms with van der Waals surface area (Å²) in [5.41, 5.74) is 2.94. The van der Waals surface area contributed by atoms with E-state index in [2.05, 4.69) is 20.6 Å². The molecular weight excluding hydrogens is 389 g/mol. The number of rotatable bonds is 5. The lowest BCUT2D eigenvalue weighted by Crippen LogP contribution is -2.06. The summed E-state index contributed by atoms with van der Waals surface area (Å²) in [6, 6.07) is 10.6. The van der Waals surface area contributed by atoms with Gasteiger partial charge >= 0.3 is 5.69 Å². The van der Waals surface area contributed by atoms with E-state index in [4.69, 9.17) is 23.2 Å². The first-order valence-corrected chi connectivity index (χ1v) is 8.66. The highest BCUT2D eigenvalue weighted by Crippen LogP contribution is 2.35. The number of nitro groups is 1.